The lowest BCUT2D eigenvalue weighted by Crippen LogP contribution is -2.40. The molecule has 0 bridgehead atoms. The zero-order valence-electron chi connectivity index (χ0n) is 15.0. The predicted molar refractivity (Wildman–Crippen MR) is 100.0 cm³/mol. The Kier molecular flexibility index (Phi) is 5.44. The van der Waals surface area contributed by atoms with E-state index in [2.05, 4.69) is 0 Å². The van der Waals surface area contributed by atoms with Gasteiger partial charge in [0.05, 0.1) is 12.0 Å². The third-order valence-corrected chi connectivity index (χ3v) is 6.94. The maximum atomic E-state index is 13.0. The van der Waals surface area contributed by atoms with Gasteiger partial charge in [0.2, 0.25) is 10.0 Å². The van der Waals surface area contributed by atoms with Crippen LogP contribution in [-0.2, 0) is 10.0 Å². The Labute approximate surface area is 154 Å². The molecule has 0 saturated carbocycles. The lowest BCUT2D eigenvalue weighted by atomic mass is 9.90. The minimum atomic E-state index is -3.56. The van der Waals surface area contributed by atoms with Crippen molar-refractivity contribution in [2.24, 2.45) is 5.92 Å². The van der Waals surface area contributed by atoms with Gasteiger partial charge in [0.1, 0.15) is 5.75 Å². The highest BCUT2D eigenvalue weighted by molar-refractivity contribution is 7.89. The van der Waals surface area contributed by atoms with Crippen molar-refractivity contribution in [1.82, 2.24) is 4.31 Å². The molecule has 1 aliphatic heterocycles. The fourth-order valence-electron chi connectivity index (χ4n) is 3.37. The Bertz CT molecular complexity index is 885. The molecule has 1 saturated heterocycles. The minimum Gasteiger partial charge on any atom is -0.497 e. The van der Waals surface area contributed by atoms with Crippen LogP contribution in [0, 0.1) is 12.8 Å². The van der Waals surface area contributed by atoms with Gasteiger partial charge in [-0.3, -0.25) is 4.79 Å². The van der Waals surface area contributed by atoms with Crippen molar-refractivity contribution in [2.75, 3.05) is 20.2 Å². The molecule has 3 rings (SSSR count). The largest absolute Gasteiger partial charge is 0.497 e. The van der Waals surface area contributed by atoms with Gasteiger partial charge in [-0.2, -0.15) is 4.31 Å². The zero-order chi connectivity index (χ0) is 18.7. The van der Waals surface area contributed by atoms with E-state index >= 15 is 0 Å². The number of hydrogen-bond donors (Lipinski definition) is 0. The molecule has 0 radical (unpaired) electrons. The highest BCUT2D eigenvalue weighted by atomic mass is 32.2. The minimum absolute atomic E-state index is 0.100. The lowest BCUT2D eigenvalue weighted by molar-refractivity contribution is 0.0875. The number of piperidine rings is 1. The summed E-state index contributed by atoms with van der Waals surface area (Å²) in [6.07, 6.45) is 1.09. The van der Waals surface area contributed by atoms with Gasteiger partial charge in [-0.05, 0) is 43.5 Å². The molecule has 0 spiro atoms. The Morgan fingerprint density at radius 3 is 2.31 bits per heavy atom. The summed E-state index contributed by atoms with van der Waals surface area (Å²) in [7, 11) is -2.01. The molecule has 6 heteroatoms. The smallest absolute Gasteiger partial charge is 0.243 e. The maximum Gasteiger partial charge on any atom is 0.243 e. The number of methoxy groups -OCH3 is 1. The van der Waals surface area contributed by atoms with Gasteiger partial charge in [-0.15, -0.1) is 0 Å². The second-order valence-corrected chi connectivity index (χ2v) is 8.45. The first kappa shape index (κ1) is 18.6. The summed E-state index contributed by atoms with van der Waals surface area (Å²) >= 11 is 0. The van der Waals surface area contributed by atoms with E-state index in [4.69, 9.17) is 4.74 Å². The quantitative estimate of drug-likeness (QED) is 0.755. The topological polar surface area (TPSA) is 63.7 Å². The Balaban J connectivity index is 1.72. The number of ether oxygens (including phenoxy) is 1. The predicted octanol–water partition coefficient (Wildman–Crippen LogP) is 3.29. The van der Waals surface area contributed by atoms with Gasteiger partial charge in [0.15, 0.2) is 5.78 Å². The molecule has 0 amide bonds. The molecule has 1 fully saturated rings. The van der Waals surface area contributed by atoms with E-state index in [1.165, 1.54) is 4.31 Å². The summed E-state index contributed by atoms with van der Waals surface area (Å²) in [5.41, 5.74) is 1.35. The van der Waals surface area contributed by atoms with E-state index in [-0.39, 0.29) is 11.7 Å². The summed E-state index contributed by atoms with van der Waals surface area (Å²) in [6.45, 7) is 2.48. The summed E-state index contributed by atoms with van der Waals surface area (Å²) < 4.78 is 32.5. The normalized spacial score (nSPS) is 16.4. The van der Waals surface area contributed by atoms with Gasteiger partial charge in [-0.25, -0.2) is 8.42 Å². The number of benzene rings is 2. The third-order valence-electron chi connectivity index (χ3n) is 4.88. The Morgan fingerprint density at radius 2 is 1.73 bits per heavy atom. The molecule has 138 valence electrons. The molecule has 2 aromatic rings. The molecular formula is C20H23NO4S. The average molecular weight is 373 g/mol. The molecule has 0 aromatic heterocycles. The van der Waals surface area contributed by atoms with E-state index < -0.39 is 10.0 Å². The van der Waals surface area contributed by atoms with E-state index in [0.717, 1.165) is 0 Å². The fourth-order valence-corrected chi connectivity index (χ4v) is 5.05. The number of sulfonamides is 1. The molecular weight excluding hydrogens is 350 g/mol. The summed E-state index contributed by atoms with van der Waals surface area (Å²) in [6, 6.07) is 14.2. The van der Waals surface area contributed by atoms with Crippen molar-refractivity contribution in [3.8, 4) is 5.75 Å². The van der Waals surface area contributed by atoms with Crippen molar-refractivity contribution >= 4 is 15.8 Å². The number of ketones is 1. The summed E-state index contributed by atoms with van der Waals surface area (Å²) in [5, 5.41) is 0. The number of rotatable bonds is 5. The monoisotopic (exact) mass is 373 g/mol. The van der Waals surface area contributed by atoms with Crippen LogP contribution in [0.1, 0.15) is 28.8 Å². The molecule has 0 aliphatic carbocycles. The van der Waals surface area contributed by atoms with Gasteiger partial charge in [-0.1, -0.05) is 30.3 Å². The van der Waals surface area contributed by atoms with Gasteiger partial charge in [0, 0.05) is 24.6 Å². The maximum absolute atomic E-state index is 13.0. The number of carbonyl (C=O) groups excluding carboxylic acids is 1. The van der Waals surface area contributed by atoms with Gasteiger partial charge in [0.25, 0.3) is 0 Å². The number of aryl methyl sites for hydroxylation is 1. The fraction of sp³-hybridized carbons (Fsp3) is 0.350. The second kappa shape index (κ2) is 7.60. The SMILES string of the molecule is COc1ccc(S(=O)(=O)N2CCC(C(=O)c3ccccc3)CC2)c(C)c1. The average Bonchev–Trinajstić information content (AvgIpc) is 2.67. The van der Waals surface area contributed by atoms with Crippen LogP contribution in [0.25, 0.3) is 0 Å². The number of carbonyl (C=O) groups is 1. The lowest BCUT2D eigenvalue weighted by Gasteiger charge is -2.31. The van der Waals surface area contributed by atoms with E-state index in [1.807, 2.05) is 30.3 Å². The Hall–Kier alpha value is -2.18. The second-order valence-electron chi connectivity index (χ2n) is 6.54. The van der Waals surface area contributed by atoms with Crippen molar-refractivity contribution in [2.45, 2.75) is 24.7 Å². The molecule has 1 aliphatic rings. The van der Waals surface area contributed by atoms with Crippen LogP contribution in [-0.4, -0.2) is 38.7 Å². The van der Waals surface area contributed by atoms with Crippen LogP contribution < -0.4 is 4.74 Å². The standard InChI is InChI=1S/C20H23NO4S/c1-15-14-18(25-2)8-9-19(15)26(23,24)21-12-10-17(11-13-21)20(22)16-6-4-3-5-7-16/h3-9,14,17H,10-13H2,1-2H3. The Morgan fingerprint density at radius 1 is 1.08 bits per heavy atom. The highest BCUT2D eigenvalue weighted by Gasteiger charge is 2.33. The number of Topliss-reactive ketones (excluding diaryl/α,β-unsaturated/α-hetero) is 1. The first-order chi connectivity index (χ1) is 12.4. The van der Waals surface area contributed by atoms with Crippen LogP contribution in [0.4, 0.5) is 0 Å². The van der Waals surface area contributed by atoms with E-state index in [9.17, 15) is 13.2 Å². The number of hydrogen-bond acceptors (Lipinski definition) is 4. The van der Waals surface area contributed by atoms with Crippen LogP contribution in [0.15, 0.2) is 53.4 Å². The molecule has 2 aromatic carbocycles. The van der Waals surface area contributed by atoms with Crippen molar-refractivity contribution < 1.29 is 17.9 Å². The van der Waals surface area contributed by atoms with Crippen LogP contribution in [0.5, 0.6) is 5.75 Å². The van der Waals surface area contributed by atoms with Gasteiger partial charge < -0.3 is 4.74 Å². The first-order valence-electron chi connectivity index (χ1n) is 8.67. The molecule has 26 heavy (non-hydrogen) atoms. The molecule has 0 atom stereocenters. The molecule has 1 heterocycles. The van der Waals surface area contributed by atoms with Crippen molar-refractivity contribution in [1.29, 1.82) is 0 Å². The zero-order valence-corrected chi connectivity index (χ0v) is 15.8. The van der Waals surface area contributed by atoms with Crippen LogP contribution >= 0.6 is 0 Å². The van der Waals surface area contributed by atoms with Crippen LogP contribution in [0.3, 0.4) is 0 Å². The third kappa shape index (κ3) is 3.66. The van der Waals surface area contributed by atoms with Crippen LogP contribution in [0.2, 0.25) is 0 Å². The number of nitrogens with zero attached hydrogens (tertiary/aromatic N) is 1. The van der Waals surface area contributed by atoms with E-state index in [1.54, 1.807) is 32.2 Å². The van der Waals surface area contributed by atoms with E-state index in [0.29, 0.717) is 47.7 Å². The van der Waals surface area contributed by atoms with Crippen molar-refractivity contribution in [3.63, 3.8) is 0 Å². The summed E-state index contributed by atoms with van der Waals surface area (Å²) in [5.74, 6) is 0.609. The highest BCUT2D eigenvalue weighted by Crippen LogP contribution is 2.29. The molecule has 0 unspecified atom stereocenters. The molecule has 0 N–H and O–H groups in total. The summed E-state index contributed by atoms with van der Waals surface area (Å²) in [4.78, 5) is 12.9. The first-order valence-corrected chi connectivity index (χ1v) is 10.1. The molecule has 5 nitrogen and oxygen atoms in total. The van der Waals surface area contributed by atoms with Crippen molar-refractivity contribution in [3.05, 3.63) is 59.7 Å². The van der Waals surface area contributed by atoms with Gasteiger partial charge >= 0.3 is 0 Å².